The van der Waals surface area contributed by atoms with Crippen LogP contribution < -0.4 is 0 Å². The van der Waals surface area contributed by atoms with E-state index in [1.807, 2.05) is 55.5 Å². The minimum Gasteiger partial charge on any atom is -0.506 e. The van der Waals surface area contributed by atoms with E-state index < -0.39 is 0 Å². The summed E-state index contributed by atoms with van der Waals surface area (Å²) in [5.41, 5.74) is 3.74. The van der Waals surface area contributed by atoms with Crippen molar-refractivity contribution in [2.75, 3.05) is 0 Å². The Balaban J connectivity index is 2.08. The molecule has 0 radical (unpaired) electrons. The number of phenolic OH excluding ortho intramolecular Hbond substituents is 1. The lowest BCUT2D eigenvalue weighted by Gasteiger charge is -2.06. The van der Waals surface area contributed by atoms with Gasteiger partial charge in [-0.25, -0.2) is 4.99 Å². The van der Waals surface area contributed by atoms with Crippen LogP contribution in [-0.2, 0) is 0 Å². The van der Waals surface area contributed by atoms with Gasteiger partial charge in [-0.3, -0.25) is 9.97 Å². The smallest absolute Gasteiger partial charge is 0.141 e. The van der Waals surface area contributed by atoms with Crippen LogP contribution in [0.1, 0.15) is 18.3 Å². The van der Waals surface area contributed by atoms with Crippen molar-refractivity contribution < 1.29 is 5.11 Å². The number of para-hydroxylation sites is 2. The van der Waals surface area contributed by atoms with Crippen molar-refractivity contribution >= 4 is 17.0 Å². The molecule has 2 aromatic heterocycles. The number of aliphatic imine (C=N–C) groups is 1. The molecule has 4 nitrogen and oxygen atoms in total. The topological polar surface area (TPSA) is 58.4 Å². The van der Waals surface area contributed by atoms with Crippen LogP contribution in [0.4, 0.5) is 5.69 Å². The van der Waals surface area contributed by atoms with Crippen molar-refractivity contribution in [1.82, 2.24) is 9.97 Å². The summed E-state index contributed by atoms with van der Waals surface area (Å²) in [5, 5.41) is 10.00. The van der Waals surface area contributed by atoms with Crippen LogP contribution >= 0.6 is 0 Å². The van der Waals surface area contributed by atoms with Crippen molar-refractivity contribution in [1.29, 1.82) is 0 Å². The molecule has 0 unspecified atom stereocenters. The lowest BCUT2D eigenvalue weighted by Crippen LogP contribution is -2.01. The van der Waals surface area contributed by atoms with Crippen molar-refractivity contribution in [2.45, 2.75) is 6.92 Å². The maximum absolute atomic E-state index is 10.00. The maximum atomic E-state index is 10.00. The van der Waals surface area contributed by atoms with Crippen molar-refractivity contribution in [3.8, 4) is 5.75 Å². The molecule has 0 spiro atoms. The third-order valence-corrected chi connectivity index (χ3v) is 3.47. The Hall–Kier alpha value is -3.27. The Morgan fingerprint density at radius 2 is 1.50 bits per heavy atom. The van der Waals surface area contributed by atoms with Gasteiger partial charge in [0.2, 0.25) is 0 Å². The Morgan fingerprint density at radius 1 is 0.875 bits per heavy atom. The summed E-state index contributed by atoms with van der Waals surface area (Å²) in [4.78, 5) is 13.3. The Labute approximate surface area is 140 Å². The average Bonchev–Trinajstić information content (AvgIpc) is 2.64. The van der Waals surface area contributed by atoms with Gasteiger partial charge in [-0.05, 0) is 55.0 Å². The van der Waals surface area contributed by atoms with Crippen LogP contribution in [0.2, 0.25) is 0 Å². The highest BCUT2D eigenvalue weighted by Gasteiger charge is 2.06. The summed E-state index contributed by atoms with van der Waals surface area (Å²) in [6.07, 6.45) is 5.41. The quantitative estimate of drug-likeness (QED) is 0.726. The number of aromatic hydroxyl groups is 1. The fraction of sp³-hybridized carbons (Fsp3) is 0.0500. The highest BCUT2D eigenvalue weighted by Crippen LogP contribution is 2.26. The van der Waals surface area contributed by atoms with E-state index in [2.05, 4.69) is 15.0 Å². The summed E-state index contributed by atoms with van der Waals surface area (Å²) in [7, 11) is 0. The third kappa shape index (κ3) is 3.73. The molecule has 0 aliphatic carbocycles. The van der Waals surface area contributed by atoms with Gasteiger partial charge < -0.3 is 5.11 Å². The molecule has 2 heterocycles. The van der Waals surface area contributed by atoms with Crippen LogP contribution in [-0.4, -0.2) is 20.8 Å². The van der Waals surface area contributed by atoms with Crippen molar-refractivity contribution in [3.63, 3.8) is 0 Å². The SMILES string of the molecule is CC(=CC(=Nc1ccccc1O)c1ccccn1)c1ccccn1. The lowest BCUT2D eigenvalue weighted by atomic mass is 10.1. The van der Waals surface area contributed by atoms with E-state index in [0.29, 0.717) is 11.4 Å². The van der Waals surface area contributed by atoms with E-state index >= 15 is 0 Å². The number of aromatic nitrogens is 2. The monoisotopic (exact) mass is 315 g/mol. The first-order valence-corrected chi connectivity index (χ1v) is 7.62. The number of allylic oxidation sites excluding steroid dienone is 2. The molecule has 0 fully saturated rings. The van der Waals surface area contributed by atoms with Gasteiger partial charge in [0.05, 0.1) is 17.1 Å². The predicted molar refractivity (Wildman–Crippen MR) is 96.4 cm³/mol. The Kier molecular flexibility index (Phi) is 4.77. The largest absolute Gasteiger partial charge is 0.506 e. The number of pyridine rings is 2. The van der Waals surface area contributed by atoms with E-state index in [0.717, 1.165) is 17.0 Å². The van der Waals surface area contributed by atoms with Crippen LogP contribution in [0, 0.1) is 0 Å². The van der Waals surface area contributed by atoms with E-state index in [9.17, 15) is 5.11 Å². The summed E-state index contributed by atoms with van der Waals surface area (Å²) < 4.78 is 0. The van der Waals surface area contributed by atoms with Gasteiger partial charge in [-0.2, -0.15) is 0 Å². The first-order chi connectivity index (χ1) is 11.7. The number of hydrogen-bond donors (Lipinski definition) is 1. The van der Waals surface area contributed by atoms with Crippen LogP contribution in [0.5, 0.6) is 5.75 Å². The fourth-order valence-corrected chi connectivity index (χ4v) is 2.24. The summed E-state index contributed by atoms with van der Waals surface area (Å²) in [6.45, 7) is 1.98. The molecule has 4 heteroatoms. The maximum Gasteiger partial charge on any atom is 0.141 e. The zero-order valence-electron chi connectivity index (χ0n) is 13.3. The number of phenols is 1. The molecular weight excluding hydrogens is 298 g/mol. The average molecular weight is 315 g/mol. The van der Waals surface area contributed by atoms with Crippen LogP contribution in [0.15, 0.2) is 84.1 Å². The molecule has 0 amide bonds. The zero-order valence-corrected chi connectivity index (χ0v) is 13.3. The number of rotatable bonds is 4. The molecule has 3 aromatic rings. The molecule has 24 heavy (non-hydrogen) atoms. The second-order valence-electron chi connectivity index (χ2n) is 5.24. The third-order valence-electron chi connectivity index (χ3n) is 3.47. The molecule has 0 bridgehead atoms. The van der Waals surface area contributed by atoms with E-state index in [4.69, 9.17) is 0 Å². The van der Waals surface area contributed by atoms with Gasteiger partial charge in [0.1, 0.15) is 11.4 Å². The minimum atomic E-state index is 0.134. The number of benzene rings is 1. The van der Waals surface area contributed by atoms with Gasteiger partial charge in [0.15, 0.2) is 0 Å². The lowest BCUT2D eigenvalue weighted by molar-refractivity contribution is 0.477. The van der Waals surface area contributed by atoms with E-state index in [1.165, 1.54) is 0 Å². The van der Waals surface area contributed by atoms with Crippen LogP contribution in [0.3, 0.4) is 0 Å². The number of nitrogens with zero attached hydrogens (tertiary/aromatic N) is 3. The molecule has 0 atom stereocenters. The van der Waals surface area contributed by atoms with Crippen molar-refractivity contribution in [3.05, 3.63) is 90.5 Å². The summed E-state index contributed by atoms with van der Waals surface area (Å²) in [5.74, 6) is 0.134. The molecule has 118 valence electrons. The Morgan fingerprint density at radius 3 is 2.12 bits per heavy atom. The predicted octanol–water partition coefficient (Wildman–Crippen LogP) is 4.41. The molecule has 0 saturated heterocycles. The first-order valence-electron chi connectivity index (χ1n) is 7.62. The summed E-state index contributed by atoms with van der Waals surface area (Å²) in [6, 6.07) is 18.4. The fourth-order valence-electron chi connectivity index (χ4n) is 2.24. The molecule has 1 aromatic carbocycles. The molecule has 0 aliphatic heterocycles. The Bertz CT molecular complexity index is 872. The zero-order chi connectivity index (χ0) is 16.8. The number of hydrogen-bond acceptors (Lipinski definition) is 4. The van der Waals surface area contributed by atoms with E-state index in [-0.39, 0.29) is 5.75 Å². The van der Waals surface area contributed by atoms with Gasteiger partial charge in [0.25, 0.3) is 0 Å². The van der Waals surface area contributed by atoms with Crippen LogP contribution in [0.25, 0.3) is 5.57 Å². The minimum absolute atomic E-state index is 0.134. The second-order valence-corrected chi connectivity index (χ2v) is 5.24. The molecule has 0 aliphatic rings. The normalized spacial score (nSPS) is 12.2. The second kappa shape index (κ2) is 7.33. The van der Waals surface area contributed by atoms with Gasteiger partial charge in [0, 0.05) is 12.4 Å². The molecule has 3 rings (SSSR count). The van der Waals surface area contributed by atoms with E-state index in [1.54, 1.807) is 30.6 Å². The summed E-state index contributed by atoms with van der Waals surface area (Å²) >= 11 is 0. The van der Waals surface area contributed by atoms with Gasteiger partial charge in [-0.1, -0.05) is 24.3 Å². The standard InChI is InChI=1S/C20H17N3O/c1-15(16-8-4-6-12-21-16)14-19(17-9-5-7-13-22-17)23-18-10-2-3-11-20(18)24/h2-14,24H,1H3. The molecule has 1 N–H and O–H groups in total. The highest BCUT2D eigenvalue weighted by atomic mass is 16.3. The van der Waals surface area contributed by atoms with Crippen molar-refractivity contribution in [2.24, 2.45) is 4.99 Å². The first kappa shape index (κ1) is 15.6. The highest BCUT2D eigenvalue weighted by molar-refractivity contribution is 6.12. The molecule has 0 saturated carbocycles. The molecular formula is C20H17N3O. The van der Waals surface area contributed by atoms with Gasteiger partial charge >= 0.3 is 0 Å². The van der Waals surface area contributed by atoms with Gasteiger partial charge in [-0.15, -0.1) is 0 Å².